The number of nitrogens with one attached hydrogen (secondary N) is 1. The number of quaternary nitrogens is 1. The van der Waals surface area contributed by atoms with Gasteiger partial charge in [-0.25, -0.2) is 0 Å². The number of pyridine rings is 2. The molecule has 0 bridgehead atoms. The minimum Gasteiger partial charge on any atom is -0.377 e. The summed E-state index contributed by atoms with van der Waals surface area (Å²) < 4.78 is 5.93. The highest BCUT2D eigenvalue weighted by Crippen LogP contribution is 2.27. The van der Waals surface area contributed by atoms with Gasteiger partial charge in [0.15, 0.2) is 6.54 Å². The number of fused-ring (bicyclic) bond motifs is 4. The molecule has 0 fully saturated rings. The molecule has 0 unspecified atom stereocenters. The molecular formula is C48H67N8O+3. The average Bonchev–Trinajstić information content (AvgIpc) is 3.17. The van der Waals surface area contributed by atoms with Crippen molar-refractivity contribution in [2.45, 2.75) is 51.6 Å². The van der Waals surface area contributed by atoms with Crippen LogP contribution in [0.4, 0.5) is 22.7 Å². The van der Waals surface area contributed by atoms with Gasteiger partial charge in [-0.2, -0.15) is 9.13 Å². The van der Waals surface area contributed by atoms with E-state index in [2.05, 4.69) is 189 Å². The number of nitrogens with zero attached hydrogens (tertiary/aromatic N) is 7. The fourth-order valence-electron chi connectivity index (χ4n) is 8.06. The predicted molar refractivity (Wildman–Crippen MR) is 243 cm³/mol. The summed E-state index contributed by atoms with van der Waals surface area (Å²) in [5, 5.41) is 8.26. The van der Waals surface area contributed by atoms with Crippen LogP contribution in [-0.2, 0) is 17.9 Å². The second-order valence-electron chi connectivity index (χ2n) is 17.4. The van der Waals surface area contributed by atoms with Gasteiger partial charge in [-0.3, -0.25) is 4.79 Å². The summed E-state index contributed by atoms with van der Waals surface area (Å²) in [4.78, 5) is 21.6. The van der Waals surface area contributed by atoms with Crippen LogP contribution in [0, 0.1) is 0 Å². The Kier molecular flexibility index (Phi) is 13.1. The lowest BCUT2D eigenvalue weighted by Gasteiger charge is -2.29. The second-order valence-corrected chi connectivity index (χ2v) is 17.4. The maximum absolute atomic E-state index is 12.9. The fourth-order valence-corrected chi connectivity index (χ4v) is 8.06. The first-order valence-electron chi connectivity index (χ1n) is 20.8. The molecule has 302 valence electrons. The molecule has 0 aliphatic rings. The van der Waals surface area contributed by atoms with E-state index in [1.807, 2.05) is 0 Å². The van der Waals surface area contributed by atoms with E-state index >= 15 is 0 Å². The van der Waals surface area contributed by atoms with E-state index < -0.39 is 0 Å². The van der Waals surface area contributed by atoms with Gasteiger partial charge in [-0.15, -0.1) is 0 Å². The number of benzene rings is 4. The van der Waals surface area contributed by atoms with Crippen molar-refractivity contribution in [1.29, 1.82) is 0 Å². The van der Waals surface area contributed by atoms with E-state index in [0.29, 0.717) is 6.42 Å². The van der Waals surface area contributed by atoms with Gasteiger partial charge in [0.1, 0.15) is 6.54 Å². The third kappa shape index (κ3) is 10.1. The number of hydrogen-bond donors (Lipinski definition) is 1. The maximum Gasteiger partial charge on any atom is 0.219 e. The van der Waals surface area contributed by atoms with Crippen LogP contribution < -0.4 is 34.1 Å². The summed E-state index contributed by atoms with van der Waals surface area (Å²) >= 11 is 0. The fraction of sp³-hybridized carbons (Fsp3) is 0.438. The van der Waals surface area contributed by atoms with E-state index in [0.717, 1.165) is 69.3 Å². The standard InChI is InChI=1S/C48H66N8O/c1-50(2)40-21-17-36-30-37-18-22-41(51(3)4)33-45(37)54(44(36)32-40)26-13-11-12-16-48(57)49-25-14-28-56(9,10)29-15-27-55-46-34-42(52(5)6)23-19-38(46)31-39-20-24-43(53(7)8)35-47(39)55/h17-24,30-35H,11-16,25-29H2,1-10H3/q+2/p+1. The van der Waals surface area contributed by atoms with Gasteiger partial charge in [-0.05, 0) is 73.5 Å². The van der Waals surface area contributed by atoms with Crippen LogP contribution in [0.5, 0.6) is 0 Å². The van der Waals surface area contributed by atoms with Crippen LogP contribution in [0.3, 0.4) is 0 Å². The molecule has 6 aromatic rings. The van der Waals surface area contributed by atoms with Crippen LogP contribution in [0.25, 0.3) is 43.6 Å². The number of rotatable bonds is 18. The molecule has 6 rings (SSSR count). The molecule has 9 nitrogen and oxygen atoms in total. The lowest BCUT2D eigenvalue weighted by molar-refractivity contribution is -0.892. The van der Waals surface area contributed by atoms with Crippen molar-refractivity contribution in [2.24, 2.45) is 0 Å². The summed E-state index contributed by atoms with van der Waals surface area (Å²) in [5.41, 5.74) is 9.87. The number of anilines is 4. The lowest BCUT2D eigenvalue weighted by Crippen LogP contribution is -2.45. The second kappa shape index (κ2) is 18.0. The smallest absolute Gasteiger partial charge is 0.219 e. The first-order valence-corrected chi connectivity index (χ1v) is 20.8. The van der Waals surface area contributed by atoms with E-state index in [-0.39, 0.29) is 5.91 Å². The molecule has 2 aromatic heterocycles. The highest BCUT2D eigenvalue weighted by atomic mass is 16.1. The third-order valence-electron chi connectivity index (χ3n) is 11.6. The minimum atomic E-state index is 0.170. The van der Waals surface area contributed by atoms with E-state index in [4.69, 9.17) is 0 Å². The minimum absolute atomic E-state index is 0.170. The summed E-state index contributed by atoms with van der Waals surface area (Å²) in [7, 11) is 21.4. The Morgan fingerprint density at radius 2 is 0.860 bits per heavy atom. The molecule has 0 atom stereocenters. The van der Waals surface area contributed by atoms with Gasteiger partial charge in [0.2, 0.25) is 28.0 Å². The molecule has 1 N–H and O–H groups in total. The van der Waals surface area contributed by atoms with Crippen molar-refractivity contribution in [3.63, 3.8) is 0 Å². The van der Waals surface area contributed by atoms with Crippen molar-refractivity contribution >= 4 is 72.3 Å². The molecule has 57 heavy (non-hydrogen) atoms. The molecule has 9 heteroatoms. The molecule has 2 heterocycles. The number of carbonyl (C=O) groups is 1. The molecule has 0 saturated heterocycles. The summed E-state index contributed by atoms with van der Waals surface area (Å²) in [6.45, 7) is 4.68. The van der Waals surface area contributed by atoms with Crippen molar-refractivity contribution in [3.8, 4) is 0 Å². The first kappa shape index (κ1) is 41.5. The zero-order valence-electron chi connectivity index (χ0n) is 36.4. The van der Waals surface area contributed by atoms with Crippen LogP contribution in [0.15, 0.2) is 84.9 Å². The molecule has 0 radical (unpaired) electrons. The van der Waals surface area contributed by atoms with E-state index in [9.17, 15) is 4.79 Å². The number of aromatic nitrogens is 2. The maximum atomic E-state index is 12.9. The van der Waals surface area contributed by atoms with Gasteiger partial charge in [-0.1, -0.05) is 0 Å². The van der Waals surface area contributed by atoms with Crippen LogP contribution in [0.1, 0.15) is 38.5 Å². The summed E-state index contributed by atoms with van der Waals surface area (Å²) in [6.07, 6.45) is 5.55. The van der Waals surface area contributed by atoms with E-state index in [1.165, 1.54) is 66.4 Å². The highest BCUT2D eigenvalue weighted by molar-refractivity contribution is 5.92. The predicted octanol–water partition coefficient (Wildman–Crippen LogP) is 7.37. The third-order valence-corrected chi connectivity index (χ3v) is 11.6. The number of unbranched alkanes of at least 4 members (excludes halogenated alkanes) is 2. The number of aryl methyl sites for hydroxylation is 2. The molecule has 4 aromatic carbocycles. The van der Waals surface area contributed by atoms with Crippen molar-refractivity contribution in [3.05, 3.63) is 84.9 Å². The SMILES string of the molecule is CN(C)c1ccc2cc3ccc(N(C)C)cc3[n+](CCCCCC(=O)NCCC[N+](C)(C)CCC[n+]3c4cc(N(C)C)ccc4cc4ccc(N(C)C)cc43)c2c1. The largest absolute Gasteiger partial charge is 0.377 e. The summed E-state index contributed by atoms with van der Waals surface area (Å²) in [6, 6.07) is 31.7. The van der Waals surface area contributed by atoms with Crippen molar-refractivity contribution in [1.82, 2.24) is 5.32 Å². The van der Waals surface area contributed by atoms with E-state index in [1.54, 1.807) is 0 Å². The summed E-state index contributed by atoms with van der Waals surface area (Å²) in [5.74, 6) is 0.170. The molecule has 0 aliphatic carbocycles. The number of carbonyl (C=O) groups excluding carboxylic acids is 1. The zero-order chi connectivity index (χ0) is 40.9. The Morgan fingerprint density at radius 1 is 0.491 bits per heavy atom. The monoisotopic (exact) mass is 772 g/mol. The first-order chi connectivity index (χ1) is 27.2. The van der Waals surface area contributed by atoms with Gasteiger partial charge in [0, 0.05) is 151 Å². The van der Waals surface area contributed by atoms with Crippen molar-refractivity contribution in [2.75, 3.05) is 110 Å². The van der Waals surface area contributed by atoms with Crippen LogP contribution in [0.2, 0.25) is 0 Å². The van der Waals surface area contributed by atoms with Gasteiger partial charge in [0.05, 0.1) is 33.6 Å². The Hall–Kier alpha value is -5.15. The Labute approximate surface area is 341 Å². The average molecular weight is 772 g/mol. The molecule has 0 saturated carbocycles. The Morgan fingerprint density at radius 3 is 1.25 bits per heavy atom. The quantitative estimate of drug-likeness (QED) is 0.0429. The Bertz CT molecular complexity index is 2210. The molecule has 1 amide bonds. The molecular weight excluding hydrogens is 705 g/mol. The van der Waals surface area contributed by atoms with Gasteiger partial charge in [0.25, 0.3) is 0 Å². The number of amides is 1. The Balaban J connectivity index is 0.989. The topological polar surface area (TPSA) is 49.8 Å². The van der Waals surface area contributed by atoms with Crippen LogP contribution in [-0.4, -0.2) is 101 Å². The van der Waals surface area contributed by atoms with Crippen LogP contribution >= 0.6 is 0 Å². The zero-order valence-corrected chi connectivity index (χ0v) is 36.4. The van der Waals surface area contributed by atoms with Gasteiger partial charge >= 0.3 is 0 Å². The normalized spacial score (nSPS) is 11.8. The van der Waals surface area contributed by atoms with Gasteiger partial charge < -0.3 is 29.4 Å². The molecule has 0 spiro atoms. The highest BCUT2D eigenvalue weighted by Gasteiger charge is 2.22. The molecule has 0 aliphatic heterocycles. The number of hydrogen-bond acceptors (Lipinski definition) is 5. The lowest BCUT2D eigenvalue weighted by atomic mass is 10.1. The van der Waals surface area contributed by atoms with Crippen molar-refractivity contribution < 1.29 is 18.4 Å².